The second-order valence-electron chi connectivity index (χ2n) is 4.70. The Morgan fingerprint density at radius 3 is 2.55 bits per heavy atom. The van der Waals surface area contributed by atoms with E-state index in [1.807, 2.05) is 24.3 Å². The molecule has 0 atom stereocenters. The van der Waals surface area contributed by atoms with E-state index in [0.29, 0.717) is 11.0 Å². The van der Waals surface area contributed by atoms with Crippen molar-refractivity contribution in [3.05, 3.63) is 36.2 Å². The van der Waals surface area contributed by atoms with E-state index in [1.165, 1.54) is 4.57 Å². The van der Waals surface area contributed by atoms with Crippen LogP contribution in [0.2, 0.25) is 0 Å². The number of esters is 1. The number of aromatic nitrogens is 2. The summed E-state index contributed by atoms with van der Waals surface area (Å²) in [6, 6.07) is 7.44. The van der Waals surface area contributed by atoms with Gasteiger partial charge in [-0.05, 0) is 19.9 Å². The van der Waals surface area contributed by atoms with Crippen LogP contribution in [0.3, 0.4) is 0 Å². The largest absolute Gasteiger partial charge is 0.461 e. The average molecular weight is 300 g/mol. The summed E-state index contributed by atoms with van der Waals surface area (Å²) < 4.78 is 11.6. The van der Waals surface area contributed by atoms with Crippen LogP contribution in [-0.2, 0) is 9.47 Å². The lowest BCUT2D eigenvalue weighted by Crippen LogP contribution is -2.15. The minimum absolute atomic E-state index is 0.251. The zero-order chi connectivity index (χ0) is 15.7. The van der Waals surface area contributed by atoms with Gasteiger partial charge in [0.25, 0.3) is 0 Å². The van der Waals surface area contributed by atoms with Crippen molar-refractivity contribution in [2.24, 2.45) is 0 Å². The van der Waals surface area contributed by atoms with Gasteiger partial charge in [0.2, 0.25) is 0 Å². The number of aromatic amines is 1. The van der Waals surface area contributed by atoms with Crippen LogP contribution < -0.4 is 0 Å². The van der Waals surface area contributed by atoms with Crippen molar-refractivity contribution in [3.8, 4) is 0 Å². The molecule has 0 spiro atoms. The van der Waals surface area contributed by atoms with Crippen LogP contribution in [0.1, 0.15) is 24.3 Å². The van der Waals surface area contributed by atoms with E-state index in [-0.39, 0.29) is 18.9 Å². The van der Waals surface area contributed by atoms with Crippen LogP contribution in [0, 0.1) is 0 Å². The zero-order valence-electron chi connectivity index (χ0n) is 12.4. The van der Waals surface area contributed by atoms with Gasteiger partial charge in [0.05, 0.1) is 24.2 Å². The van der Waals surface area contributed by atoms with Crippen molar-refractivity contribution < 1.29 is 19.1 Å². The van der Waals surface area contributed by atoms with Crippen molar-refractivity contribution in [1.82, 2.24) is 9.55 Å². The van der Waals surface area contributed by atoms with Gasteiger partial charge in [0, 0.05) is 17.0 Å². The molecule has 6 heteroatoms. The molecule has 0 aliphatic carbocycles. The Hall–Kier alpha value is -2.76. The van der Waals surface area contributed by atoms with Crippen molar-refractivity contribution in [3.63, 3.8) is 0 Å². The van der Waals surface area contributed by atoms with E-state index in [1.54, 1.807) is 20.0 Å². The summed E-state index contributed by atoms with van der Waals surface area (Å²) >= 11 is 0. The Labute approximate surface area is 126 Å². The molecule has 0 aliphatic rings. The Morgan fingerprint density at radius 2 is 1.82 bits per heavy atom. The van der Waals surface area contributed by atoms with Gasteiger partial charge in [0.1, 0.15) is 5.69 Å². The van der Waals surface area contributed by atoms with E-state index >= 15 is 0 Å². The molecule has 0 amide bonds. The maximum Gasteiger partial charge on any atom is 0.419 e. The molecule has 0 saturated heterocycles. The van der Waals surface area contributed by atoms with E-state index < -0.39 is 12.1 Å². The van der Waals surface area contributed by atoms with Crippen LogP contribution >= 0.6 is 0 Å². The summed E-state index contributed by atoms with van der Waals surface area (Å²) in [5, 5.41) is 1.66. The van der Waals surface area contributed by atoms with Crippen LogP contribution in [0.25, 0.3) is 21.8 Å². The third-order valence-corrected chi connectivity index (χ3v) is 3.44. The predicted molar refractivity (Wildman–Crippen MR) is 82.2 cm³/mol. The first kappa shape index (κ1) is 14.2. The van der Waals surface area contributed by atoms with Crippen molar-refractivity contribution in [1.29, 1.82) is 0 Å². The Kier molecular flexibility index (Phi) is 3.58. The first-order valence-corrected chi connectivity index (χ1v) is 7.13. The summed E-state index contributed by atoms with van der Waals surface area (Å²) in [6.45, 7) is 3.99. The quantitative estimate of drug-likeness (QED) is 0.753. The monoisotopic (exact) mass is 300 g/mol. The summed E-state index contributed by atoms with van der Waals surface area (Å²) in [5.74, 6) is -0.495. The molecule has 22 heavy (non-hydrogen) atoms. The normalized spacial score (nSPS) is 11.0. The Bertz CT molecular complexity index is 860. The van der Waals surface area contributed by atoms with Crippen LogP contribution in [0.15, 0.2) is 30.5 Å². The molecular weight excluding hydrogens is 284 g/mol. The molecular formula is C16H16N2O4. The molecule has 6 nitrogen and oxygen atoms in total. The molecule has 1 N–H and O–H groups in total. The van der Waals surface area contributed by atoms with Gasteiger partial charge >= 0.3 is 12.1 Å². The van der Waals surface area contributed by atoms with Crippen LogP contribution in [-0.4, -0.2) is 34.8 Å². The molecule has 0 aliphatic heterocycles. The van der Waals surface area contributed by atoms with Crippen LogP contribution in [0.4, 0.5) is 4.79 Å². The fraction of sp³-hybridized carbons (Fsp3) is 0.250. The van der Waals surface area contributed by atoms with Gasteiger partial charge in [-0.15, -0.1) is 0 Å². The lowest BCUT2D eigenvalue weighted by molar-refractivity contribution is 0.0522. The number of rotatable bonds is 3. The predicted octanol–water partition coefficient (Wildman–Crippen LogP) is 3.30. The number of carbonyl (C=O) groups excluding carboxylic acids is 2. The highest BCUT2D eigenvalue weighted by Crippen LogP contribution is 2.31. The van der Waals surface area contributed by atoms with Gasteiger partial charge in [-0.2, -0.15) is 0 Å². The molecule has 2 aromatic heterocycles. The summed E-state index contributed by atoms with van der Waals surface area (Å²) in [6.07, 6.45) is 1.19. The Balaban J connectivity index is 2.33. The number of nitrogens with zero attached hydrogens (tertiary/aromatic N) is 1. The highest BCUT2D eigenvalue weighted by atomic mass is 16.5. The molecule has 0 bridgehead atoms. The standard InChI is InChI=1S/C16H16N2O4/c1-3-21-15(19)13-14-11(9-17-13)10-7-5-6-8-12(10)18(14)16(20)22-4-2/h5-9,17H,3-4H2,1-2H3. The number of hydrogen-bond acceptors (Lipinski definition) is 4. The highest BCUT2D eigenvalue weighted by Gasteiger charge is 2.24. The number of nitrogens with one attached hydrogen (secondary N) is 1. The molecule has 3 rings (SSSR count). The number of H-pyrrole nitrogens is 1. The SMILES string of the molecule is CCOC(=O)c1[nH]cc2c3ccccc3n(C(=O)OCC)c12. The highest BCUT2D eigenvalue weighted by molar-refractivity contribution is 6.17. The van der Waals surface area contributed by atoms with E-state index in [2.05, 4.69) is 4.98 Å². The summed E-state index contributed by atoms with van der Waals surface area (Å²) in [4.78, 5) is 27.4. The number of hydrogen-bond donors (Lipinski definition) is 1. The number of ether oxygens (including phenoxy) is 2. The van der Waals surface area contributed by atoms with E-state index in [0.717, 1.165) is 10.8 Å². The van der Waals surface area contributed by atoms with Gasteiger partial charge < -0.3 is 14.5 Å². The minimum Gasteiger partial charge on any atom is -0.461 e. The fourth-order valence-corrected chi connectivity index (χ4v) is 2.61. The zero-order valence-corrected chi connectivity index (χ0v) is 12.4. The summed E-state index contributed by atoms with van der Waals surface area (Å²) in [5.41, 5.74) is 1.43. The smallest absolute Gasteiger partial charge is 0.419 e. The van der Waals surface area contributed by atoms with E-state index in [4.69, 9.17) is 9.47 Å². The Morgan fingerprint density at radius 1 is 1.09 bits per heavy atom. The lowest BCUT2D eigenvalue weighted by Gasteiger charge is -2.07. The third-order valence-electron chi connectivity index (χ3n) is 3.44. The van der Waals surface area contributed by atoms with Gasteiger partial charge in [-0.25, -0.2) is 14.2 Å². The topological polar surface area (TPSA) is 73.3 Å². The molecule has 0 radical (unpaired) electrons. The molecule has 3 aromatic rings. The number of fused-ring (bicyclic) bond motifs is 3. The maximum atomic E-state index is 12.3. The van der Waals surface area contributed by atoms with Crippen molar-refractivity contribution in [2.45, 2.75) is 13.8 Å². The average Bonchev–Trinajstić information content (AvgIpc) is 3.05. The van der Waals surface area contributed by atoms with Gasteiger partial charge in [0.15, 0.2) is 0 Å². The molecule has 2 heterocycles. The molecule has 0 saturated carbocycles. The molecule has 1 aromatic carbocycles. The van der Waals surface area contributed by atoms with Gasteiger partial charge in [-0.1, -0.05) is 18.2 Å². The fourth-order valence-electron chi connectivity index (χ4n) is 2.61. The lowest BCUT2D eigenvalue weighted by atomic mass is 10.2. The van der Waals surface area contributed by atoms with Gasteiger partial charge in [-0.3, -0.25) is 0 Å². The maximum absolute atomic E-state index is 12.3. The molecule has 0 fully saturated rings. The number of para-hydroxylation sites is 1. The number of benzene rings is 1. The first-order valence-electron chi connectivity index (χ1n) is 7.13. The molecule has 114 valence electrons. The minimum atomic E-state index is -0.515. The third kappa shape index (κ3) is 2.04. The van der Waals surface area contributed by atoms with E-state index in [9.17, 15) is 9.59 Å². The first-order chi connectivity index (χ1) is 10.7. The van der Waals surface area contributed by atoms with Crippen molar-refractivity contribution >= 4 is 33.9 Å². The molecule has 0 unspecified atom stereocenters. The second-order valence-corrected chi connectivity index (χ2v) is 4.70. The number of carbonyl (C=O) groups is 2. The van der Waals surface area contributed by atoms with Crippen LogP contribution in [0.5, 0.6) is 0 Å². The second kappa shape index (κ2) is 5.55. The summed E-state index contributed by atoms with van der Waals surface area (Å²) in [7, 11) is 0. The van der Waals surface area contributed by atoms with Crippen molar-refractivity contribution in [2.75, 3.05) is 13.2 Å².